The first-order valence-electron chi connectivity index (χ1n) is 7.83. The molecule has 0 spiro atoms. The zero-order chi connectivity index (χ0) is 18.2. The van der Waals surface area contributed by atoms with Crippen LogP contribution in [0, 0.1) is 6.92 Å². The highest BCUT2D eigenvalue weighted by Gasteiger charge is 2.41. The molecule has 6 nitrogen and oxygen atoms in total. The highest BCUT2D eigenvalue weighted by atomic mass is 35.5. The summed E-state index contributed by atoms with van der Waals surface area (Å²) in [6.45, 7) is 2.20. The Morgan fingerprint density at radius 3 is 2.54 bits per heavy atom. The summed E-state index contributed by atoms with van der Waals surface area (Å²) in [5, 5.41) is 1.66. The molecule has 142 valence electrons. The summed E-state index contributed by atoms with van der Waals surface area (Å²) in [4.78, 5) is 12.1. The van der Waals surface area contributed by atoms with Gasteiger partial charge in [-0.25, -0.2) is 13.2 Å². The first kappa shape index (κ1) is 20.9. The number of methoxy groups -OCH3 is 1. The van der Waals surface area contributed by atoms with Crippen LogP contribution < -0.4 is 5.73 Å². The highest BCUT2D eigenvalue weighted by Crippen LogP contribution is 2.35. The van der Waals surface area contributed by atoms with Crippen LogP contribution in [0.4, 0.5) is 0 Å². The molecular formula is C17H21ClN2O4S2. The number of hydrogen-bond donors (Lipinski definition) is 1. The Bertz CT molecular complexity index is 883. The number of aryl methyl sites for hydroxylation is 1. The second-order valence-corrected chi connectivity index (χ2v) is 8.83. The maximum atomic E-state index is 13.1. The van der Waals surface area contributed by atoms with Crippen LogP contribution in [-0.2, 0) is 14.8 Å². The average molecular weight is 417 g/mol. The van der Waals surface area contributed by atoms with E-state index in [1.54, 1.807) is 12.3 Å². The molecule has 2 heterocycles. The number of carbonyl (C=O) groups is 1. The average Bonchev–Trinajstić information content (AvgIpc) is 3.18. The lowest BCUT2D eigenvalue weighted by Crippen LogP contribution is -2.33. The van der Waals surface area contributed by atoms with Crippen LogP contribution in [0.1, 0.15) is 26.7 Å². The maximum absolute atomic E-state index is 13.1. The zero-order valence-corrected chi connectivity index (χ0v) is 16.9. The van der Waals surface area contributed by atoms with Gasteiger partial charge in [-0.3, -0.25) is 0 Å². The van der Waals surface area contributed by atoms with Gasteiger partial charge in [-0.2, -0.15) is 4.31 Å². The number of hydrogen-bond acceptors (Lipinski definition) is 6. The van der Waals surface area contributed by atoms with Gasteiger partial charge in [0.15, 0.2) is 0 Å². The van der Waals surface area contributed by atoms with E-state index in [2.05, 4.69) is 0 Å². The van der Waals surface area contributed by atoms with Crippen LogP contribution in [0.3, 0.4) is 0 Å². The first-order valence-corrected chi connectivity index (χ1v) is 10.1. The van der Waals surface area contributed by atoms with Crippen LogP contribution >= 0.6 is 23.7 Å². The van der Waals surface area contributed by atoms with E-state index in [4.69, 9.17) is 10.5 Å². The number of esters is 1. The minimum atomic E-state index is -3.82. The second-order valence-electron chi connectivity index (χ2n) is 6.07. The molecule has 2 atom stereocenters. The molecule has 0 amide bonds. The number of nitrogens with two attached hydrogens (primary N) is 1. The van der Waals surface area contributed by atoms with E-state index in [1.807, 2.05) is 30.3 Å². The van der Waals surface area contributed by atoms with Crippen molar-refractivity contribution in [1.82, 2.24) is 4.31 Å². The second kappa shape index (κ2) is 8.06. The fourth-order valence-corrected chi connectivity index (χ4v) is 6.32. The normalized spacial score (nSPS) is 20.6. The Kier molecular flexibility index (Phi) is 6.46. The molecule has 0 bridgehead atoms. The summed E-state index contributed by atoms with van der Waals surface area (Å²) in [6.07, 6.45) is 0. The van der Waals surface area contributed by atoms with Gasteiger partial charge >= 0.3 is 5.97 Å². The molecule has 26 heavy (non-hydrogen) atoms. The van der Waals surface area contributed by atoms with Crippen LogP contribution in [0.15, 0.2) is 40.6 Å². The standard InChI is InChI=1S/C17H20N2O4S2.ClH/c1-11-10-24-15(17(20)23-2)16(11)25(21,22)19-8-13(14(18)9-19)12-6-4-3-5-7-12;/h3-7,10,13-14H,8-9,18H2,1-2H3;1H/t13-,14+;/m0./s1. The Hall–Kier alpha value is -1.45. The SMILES string of the molecule is COC(=O)c1scc(C)c1S(=O)(=O)N1C[C@@H](N)[C@H](c2ccccc2)C1.Cl. The van der Waals surface area contributed by atoms with Gasteiger partial charge < -0.3 is 10.5 Å². The third-order valence-electron chi connectivity index (χ3n) is 4.45. The molecule has 2 N–H and O–H groups in total. The Morgan fingerprint density at radius 1 is 1.27 bits per heavy atom. The van der Waals surface area contributed by atoms with Gasteiger partial charge in [-0.05, 0) is 23.4 Å². The fraction of sp³-hybridized carbons (Fsp3) is 0.353. The van der Waals surface area contributed by atoms with E-state index in [0.717, 1.165) is 16.9 Å². The first-order chi connectivity index (χ1) is 11.9. The summed E-state index contributed by atoms with van der Waals surface area (Å²) in [5.74, 6) is -0.712. The van der Waals surface area contributed by atoms with E-state index < -0.39 is 16.0 Å². The summed E-state index contributed by atoms with van der Waals surface area (Å²) >= 11 is 1.08. The number of rotatable bonds is 4. The summed E-state index contributed by atoms with van der Waals surface area (Å²) in [7, 11) is -2.58. The van der Waals surface area contributed by atoms with E-state index in [1.165, 1.54) is 11.4 Å². The Labute approximate surface area is 163 Å². The molecule has 1 aliphatic heterocycles. The number of nitrogens with zero attached hydrogens (tertiary/aromatic N) is 1. The van der Waals surface area contributed by atoms with E-state index in [-0.39, 0.29) is 40.7 Å². The van der Waals surface area contributed by atoms with Crippen molar-refractivity contribution in [3.8, 4) is 0 Å². The van der Waals surface area contributed by atoms with Crippen LogP contribution in [0.5, 0.6) is 0 Å². The van der Waals surface area contributed by atoms with Gasteiger partial charge in [0.25, 0.3) is 0 Å². The fourth-order valence-electron chi connectivity index (χ4n) is 3.16. The largest absolute Gasteiger partial charge is 0.465 e. The number of halogens is 1. The van der Waals surface area contributed by atoms with Crippen molar-refractivity contribution in [3.05, 3.63) is 51.7 Å². The molecular weight excluding hydrogens is 396 g/mol. The van der Waals surface area contributed by atoms with Crippen molar-refractivity contribution in [1.29, 1.82) is 0 Å². The lowest BCUT2D eigenvalue weighted by molar-refractivity contribution is 0.0602. The monoisotopic (exact) mass is 416 g/mol. The zero-order valence-electron chi connectivity index (χ0n) is 14.4. The van der Waals surface area contributed by atoms with Gasteiger partial charge in [0.2, 0.25) is 10.0 Å². The number of ether oxygens (including phenoxy) is 1. The molecule has 1 aromatic carbocycles. The molecule has 2 aromatic rings. The topological polar surface area (TPSA) is 89.7 Å². The van der Waals surface area contributed by atoms with Crippen molar-refractivity contribution in [2.45, 2.75) is 23.8 Å². The van der Waals surface area contributed by atoms with Crippen LogP contribution in [0.2, 0.25) is 0 Å². The number of thiophene rings is 1. The molecule has 0 aliphatic carbocycles. The lowest BCUT2D eigenvalue weighted by Gasteiger charge is -2.17. The lowest BCUT2D eigenvalue weighted by atomic mass is 9.95. The minimum absolute atomic E-state index is 0. The van der Waals surface area contributed by atoms with Gasteiger partial charge in [-0.15, -0.1) is 23.7 Å². The van der Waals surface area contributed by atoms with Crippen molar-refractivity contribution < 1.29 is 17.9 Å². The summed E-state index contributed by atoms with van der Waals surface area (Å²) in [5.41, 5.74) is 7.78. The molecule has 1 aliphatic rings. The predicted octanol–water partition coefficient (Wildman–Crippen LogP) is 2.38. The molecule has 3 rings (SSSR count). The highest BCUT2D eigenvalue weighted by molar-refractivity contribution is 7.89. The van der Waals surface area contributed by atoms with Crippen molar-refractivity contribution in [3.63, 3.8) is 0 Å². The van der Waals surface area contributed by atoms with E-state index in [9.17, 15) is 13.2 Å². The minimum Gasteiger partial charge on any atom is -0.465 e. The number of carbonyl (C=O) groups excluding carboxylic acids is 1. The Balaban J connectivity index is 0.00000243. The van der Waals surface area contributed by atoms with Gasteiger partial charge in [-0.1, -0.05) is 30.3 Å². The molecule has 0 radical (unpaired) electrons. The quantitative estimate of drug-likeness (QED) is 0.773. The van der Waals surface area contributed by atoms with Gasteiger partial charge in [0, 0.05) is 25.0 Å². The van der Waals surface area contributed by atoms with Crippen LogP contribution in [-0.4, -0.2) is 44.9 Å². The maximum Gasteiger partial charge on any atom is 0.349 e. The molecule has 9 heteroatoms. The molecule has 0 saturated carbocycles. The van der Waals surface area contributed by atoms with E-state index in [0.29, 0.717) is 12.1 Å². The Morgan fingerprint density at radius 2 is 1.92 bits per heavy atom. The molecule has 1 saturated heterocycles. The summed E-state index contributed by atoms with van der Waals surface area (Å²) in [6, 6.07) is 9.36. The molecule has 1 aromatic heterocycles. The van der Waals surface area contributed by atoms with Crippen LogP contribution in [0.25, 0.3) is 0 Å². The number of benzene rings is 1. The van der Waals surface area contributed by atoms with Crippen molar-refractivity contribution in [2.24, 2.45) is 5.73 Å². The van der Waals surface area contributed by atoms with Gasteiger partial charge in [0.1, 0.15) is 9.77 Å². The molecule has 1 fully saturated rings. The smallest absolute Gasteiger partial charge is 0.349 e. The van der Waals surface area contributed by atoms with Crippen molar-refractivity contribution in [2.75, 3.05) is 20.2 Å². The number of sulfonamides is 1. The molecule has 0 unspecified atom stereocenters. The predicted molar refractivity (Wildman–Crippen MR) is 104 cm³/mol. The van der Waals surface area contributed by atoms with Crippen molar-refractivity contribution >= 4 is 39.7 Å². The van der Waals surface area contributed by atoms with E-state index >= 15 is 0 Å². The third-order valence-corrected chi connectivity index (χ3v) is 7.67. The third kappa shape index (κ3) is 3.65. The van der Waals surface area contributed by atoms with Gasteiger partial charge in [0.05, 0.1) is 7.11 Å². The summed E-state index contributed by atoms with van der Waals surface area (Å²) < 4.78 is 32.4.